The van der Waals surface area contributed by atoms with Crippen LogP contribution in [0.25, 0.3) is 0 Å². The summed E-state index contributed by atoms with van der Waals surface area (Å²) in [6, 6.07) is 11.7. The number of amides is 2. The number of anilines is 1. The summed E-state index contributed by atoms with van der Waals surface area (Å²) in [5, 5.41) is 2.80. The molecule has 1 heterocycles. The van der Waals surface area contributed by atoms with Gasteiger partial charge in [-0.3, -0.25) is 9.59 Å². The molecule has 0 fully saturated rings. The Labute approximate surface area is 132 Å². The molecule has 0 saturated carbocycles. The van der Waals surface area contributed by atoms with Crippen LogP contribution in [-0.2, 0) is 11.2 Å². The summed E-state index contributed by atoms with van der Waals surface area (Å²) in [6.07, 6.45) is 0.620. The van der Waals surface area contributed by atoms with Crippen LogP contribution in [-0.4, -0.2) is 24.9 Å². The van der Waals surface area contributed by atoms with Crippen molar-refractivity contribution in [2.24, 2.45) is 0 Å². The molecule has 2 aromatic carbocycles. The summed E-state index contributed by atoms with van der Waals surface area (Å²) >= 11 is 0. The summed E-state index contributed by atoms with van der Waals surface area (Å²) in [6.45, 7) is 0.824. The van der Waals surface area contributed by atoms with E-state index in [4.69, 9.17) is 0 Å². The lowest BCUT2D eigenvalue weighted by molar-refractivity contribution is -0.120. The Morgan fingerprint density at radius 3 is 2.91 bits per heavy atom. The van der Waals surface area contributed by atoms with E-state index in [9.17, 15) is 14.0 Å². The molecule has 0 saturated heterocycles. The Morgan fingerprint density at radius 2 is 2.04 bits per heavy atom. The van der Waals surface area contributed by atoms with E-state index < -0.39 is 0 Å². The summed E-state index contributed by atoms with van der Waals surface area (Å²) in [7, 11) is 0. The highest BCUT2D eigenvalue weighted by atomic mass is 19.1. The highest BCUT2D eigenvalue weighted by molar-refractivity contribution is 6.07. The summed E-state index contributed by atoms with van der Waals surface area (Å²) in [4.78, 5) is 26.7. The molecular weight excluding hydrogens is 295 g/mol. The third kappa shape index (κ3) is 2.20. The normalized spacial score (nSPS) is 19.1. The van der Waals surface area contributed by atoms with E-state index in [0.29, 0.717) is 30.8 Å². The van der Waals surface area contributed by atoms with Gasteiger partial charge in [0.05, 0.1) is 17.2 Å². The van der Waals surface area contributed by atoms with Gasteiger partial charge in [-0.05, 0) is 41.8 Å². The Balaban J connectivity index is 1.69. The second-order valence-electron chi connectivity index (χ2n) is 5.86. The highest BCUT2D eigenvalue weighted by Gasteiger charge is 2.37. The molecule has 1 unspecified atom stereocenters. The maximum absolute atomic E-state index is 13.4. The van der Waals surface area contributed by atoms with Crippen LogP contribution in [0.15, 0.2) is 42.5 Å². The zero-order chi connectivity index (χ0) is 16.0. The van der Waals surface area contributed by atoms with E-state index in [-0.39, 0.29) is 23.5 Å². The maximum Gasteiger partial charge on any atom is 0.253 e. The van der Waals surface area contributed by atoms with Gasteiger partial charge >= 0.3 is 0 Å². The van der Waals surface area contributed by atoms with Crippen LogP contribution >= 0.6 is 0 Å². The molecule has 0 aromatic heterocycles. The molecule has 4 rings (SSSR count). The number of carbonyl (C=O) groups is 2. The van der Waals surface area contributed by atoms with E-state index in [2.05, 4.69) is 5.32 Å². The van der Waals surface area contributed by atoms with Gasteiger partial charge in [-0.2, -0.15) is 0 Å². The Morgan fingerprint density at radius 1 is 1.22 bits per heavy atom. The second-order valence-corrected chi connectivity index (χ2v) is 5.86. The van der Waals surface area contributed by atoms with Crippen LogP contribution in [0.2, 0.25) is 0 Å². The molecule has 1 aliphatic heterocycles. The largest absolute Gasteiger partial charge is 0.350 e. The van der Waals surface area contributed by atoms with E-state index in [1.807, 2.05) is 6.07 Å². The number of hydrogen-bond donors (Lipinski definition) is 1. The van der Waals surface area contributed by atoms with Gasteiger partial charge in [0.1, 0.15) is 5.82 Å². The number of fused-ring (bicyclic) bond motifs is 2. The van der Waals surface area contributed by atoms with Gasteiger partial charge in [0.25, 0.3) is 5.91 Å². The summed E-state index contributed by atoms with van der Waals surface area (Å²) in [5.41, 5.74) is 2.90. The standard InChI is InChI=1S/C18H15FN2O2/c19-12-6-5-11-9-15(14(11)10-12)18(23)21-8-7-20-17(22)13-3-1-2-4-16(13)21/h1-6,10,15H,7-9H2,(H,20,22). The first-order valence-corrected chi connectivity index (χ1v) is 7.62. The van der Waals surface area contributed by atoms with E-state index in [0.717, 1.165) is 11.1 Å². The minimum atomic E-state index is -0.332. The number of halogens is 1. The van der Waals surface area contributed by atoms with Crippen molar-refractivity contribution in [3.8, 4) is 0 Å². The Kier molecular flexibility index (Phi) is 3.15. The Hall–Kier alpha value is -2.69. The van der Waals surface area contributed by atoms with Crippen LogP contribution in [0.1, 0.15) is 27.4 Å². The van der Waals surface area contributed by atoms with Crippen molar-refractivity contribution in [2.45, 2.75) is 12.3 Å². The topological polar surface area (TPSA) is 49.4 Å². The highest BCUT2D eigenvalue weighted by Crippen LogP contribution is 2.38. The molecule has 2 aliphatic rings. The zero-order valence-electron chi connectivity index (χ0n) is 12.4. The number of hydrogen-bond acceptors (Lipinski definition) is 2. The fraction of sp³-hybridized carbons (Fsp3) is 0.222. The predicted molar refractivity (Wildman–Crippen MR) is 84.0 cm³/mol. The molecule has 1 atom stereocenters. The van der Waals surface area contributed by atoms with Crippen molar-refractivity contribution in [1.82, 2.24) is 5.32 Å². The first-order valence-electron chi connectivity index (χ1n) is 7.62. The first kappa shape index (κ1) is 13.9. The third-order valence-electron chi connectivity index (χ3n) is 4.53. The molecule has 2 amide bonds. The van der Waals surface area contributed by atoms with Crippen molar-refractivity contribution in [3.63, 3.8) is 0 Å². The summed E-state index contributed by atoms with van der Waals surface area (Å²) < 4.78 is 13.4. The molecule has 4 nitrogen and oxygen atoms in total. The van der Waals surface area contributed by atoms with Gasteiger partial charge in [0.2, 0.25) is 5.91 Å². The molecular formula is C18H15FN2O2. The molecule has 116 valence electrons. The van der Waals surface area contributed by atoms with Gasteiger partial charge in [0.15, 0.2) is 0 Å². The minimum Gasteiger partial charge on any atom is -0.350 e. The molecule has 0 bridgehead atoms. The van der Waals surface area contributed by atoms with Gasteiger partial charge in [-0.25, -0.2) is 4.39 Å². The average Bonchev–Trinajstić information content (AvgIpc) is 2.70. The van der Waals surface area contributed by atoms with Crippen LogP contribution in [0, 0.1) is 5.82 Å². The molecule has 0 radical (unpaired) electrons. The van der Waals surface area contributed by atoms with Crippen molar-refractivity contribution >= 4 is 17.5 Å². The quantitative estimate of drug-likeness (QED) is 0.878. The first-order chi connectivity index (χ1) is 11.1. The van der Waals surface area contributed by atoms with Gasteiger partial charge in [-0.15, -0.1) is 0 Å². The second kappa shape index (κ2) is 5.19. The molecule has 2 aromatic rings. The van der Waals surface area contributed by atoms with Crippen LogP contribution in [0.5, 0.6) is 0 Å². The Bertz CT molecular complexity index is 818. The van der Waals surface area contributed by atoms with E-state index >= 15 is 0 Å². The van der Waals surface area contributed by atoms with Crippen molar-refractivity contribution in [1.29, 1.82) is 0 Å². The SMILES string of the molecule is O=C1NCCN(C(=O)C2Cc3ccc(F)cc32)c2ccccc21. The summed E-state index contributed by atoms with van der Waals surface area (Å²) in [5.74, 6) is -0.903. The number of benzene rings is 2. The fourth-order valence-corrected chi connectivity index (χ4v) is 3.31. The molecule has 1 aliphatic carbocycles. The third-order valence-corrected chi connectivity index (χ3v) is 4.53. The predicted octanol–water partition coefficient (Wildman–Crippen LogP) is 2.24. The maximum atomic E-state index is 13.4. The van der Waals surface area contributed by atoms with Gasteiger partial charge in [0, 0.05) is 13.1 Å². The monoisotopic (exact) mass is 310 g/mol. The van der Waals surface area contributed by atoms with Crippen LogP contribution in [0.3, 0.4) is 0 Å². The van der Waals surface area contributed by atoms with E-state index in [1.54, 1.807) is 29.2 Å². The lowest BCUT2D eigenvalue weighted by atomic mass is 9.76. The van der Waals surface area contributed by atoms with Crippen molar-refractivity contribution in [2.75, 3.05) is 18.0 Å². The lowest BCUT2D eigenvalue weighted by Crippen LogP contribution is -2.41. The average molecular weight is 310 g/mol. The van der Waals surface area contributed by atoms with Crippen molar-refractivity contribution in [3.05, 3.63) is 65.0 Å². The van der Waals surface area contributed by atoms with Crippen LogP contribution in [0.4, 0.5) is 10.1 Å². The minimum absolute atomic E-state index is 0.0768. The van der Waals surface area contributed by atoms with Gasteiger partial charge in [-0.1, -0.05) is 18.2 Å². The lowest BCUT2D eigenvalue weighted by Gasteiger charge is -2.34. The molecule has 0 spiro atoms. The number of rotatable bonds is 1. The number of para-hydroxylation sites is 1. The molecule has 5 heteroatoms. The molecule has 1 N–H and O–H groups in total. The molecule has 23 heavy (non-hydrogen) atoms. The van der Waals surface area contributed by atoms with Crippen LogP contribution < -0.4 is 10.2 Å². The number of nitrogens with zero attached hydrogens (tertiary/aromatic N) is 1. The van der Waals surface area contributed by atoms with E-state index in [1.165, 1.54) is 12.1 Å². The van der Waals surface area contributed by atoms with Gasteiger partial charge < -0.3 is 10.2 Å². The van der Waals surface area contributed by atoms with Crippen molar-refractivity contribution < 1.29 is 14.0 Å². The number of carbonyl (C=O) groups excluding carboxylic acids is 2. The smallest absolute Gasteiger partial charge is 0.253 e. The fourth-order valence-electron chi connectivity index (χ4n) is 3.31. The zero-order valence-corrected chi connectivity index (χ0v) is 12.4. The number of nitrogens with one attached hydrogen (secondary N) is 1.